The smallest absolute Gasteiger partial charge is 0.240 e. The number of benzene rings is 1. The molecule has 6 heteroatoms. The van der Waals surface area contributed by atoms with Gasteiger partial charge in [0.1, 0.15) is 5.75 Å². The minimum Gasteiger partial charge on any atom is -0.497 e. The third kappa shape index (κ3) is 4.18. The van der Waals surface area contributed by atoms with Crippen LogP contribution in [0.2, 0.25) is 0 Å². The van der Waals surface area contributed by atoms with Gasteiger partial charge in [0, 0.05) is 6.54 Å². The summed E-state index contributed by atoms with van der Waals surface area (Å²) in [6, 6.07) is 5.02. The predicted octanol–water partition coefficient (Wildman–Crippen LogP) is 1.62. The van der Waals surface area contributed by atoms with Crippen molar-refractivity contribution in [1.82, 2.24) is 9.62 Å². The van der Waals surface area contributed by atoms with Crippen LogP contribution in [0.5, 0.6) is 5.75 Å². The number of hydrogen-bond donors (Lipinski definition) is 1. The van der Waals surface area contributed by atoms with Gasteiger partial charge in [-0.1, -0.05) is 0 Å². The molecular weight excluding hydrogens is 288 g/mol. The van der Waals surface area contributed by atoms with Crippen molar-refractivity contribution in [2.75, 3.05) is 33.8 Å². The second-order valence-electron chi connectivity index (χ2n) is 5.73. The van der Waals surface area contributed by atoms with Gasteiger partial charge >= 0.3 is 0 Å². The maximum Gasteiger partial charge on any atom is 0.240 e. The number of nitrogens with one attached hydrogen (secondary N) is 1. The number of sulfonamides is 1. The highest BCUT2D eigenvalue weighted by Crippen LogP contribution is 2.21. The summed E-state index contributed by atoms with van der Waals surface area (Å²) in [5, 5.41) is 0. The molecule has 1 aliphatic rings. The third-order valence-electron chi connectivity index (χ3n) is 4.07. The lowest BCUT2D eigenvalue weighted by atomic mass is 9.98. The fourth-order valence-corrected chi connectivity index (χ4v) is 3.96. The van der Waals surface area contributed by atoms with E-state index in [0.29, 0.717) is 28.7 Å². The summed E-state index contributed by atoms with van der Waals surface area (Å²) < 4.78 is 32.7. The van der Waals surface area contributed by atoms with Crippen molar-refractivity contribution in [3.63, 3.8) is 0 Å². The van der Waals surface area contributed by atoms with Crippen LogP contribution in [0.25, 0.3) is 0 Å². The Bertz CT molecular complexity index is 579. The van der Waals surface area contributed by atoms with E-state index in [1.54, 1.807) is 32.2 Å². The first-order chi connectivity index (χ1) is 9.92. The van der Waals surface area contributed by atoms with E-state index in [0.717, 1.165) is 25.9 Å². The first kappa shape index (κ1) is 16.3. The standard InChI is InChI=1S/C15H24N2O3S/c1-12-10-14(20-3)4-5-15(12)21(18,19)16-11-13-6-8-17(2)9-7-13/h4-5,10,13,16H,6-9,11H2,1-3H3. The monoisotopic (exact) mass is 312 g/mol. The Balaban J connectivity index is 2.01. The number of hydrogen-bond acceptors (Lipinski definition) is 4. The summed E-state index contributed by atoms with van der Waals surface area (Å²) >= 11 is 0. The minimum atomic E-state index is -3.45. The average molecular weight is 312 g/mol. The maximum atomic E-state index is 12.4. The summed E-state index contributed by atoms with van der Waals surface area (Å²) in [4.78, 5) is 2.61. The number of methoxy groups -OCH3 is 1. The second kappa shape index (κ2) is 6.77. The summed E-state index contributed by atoms with van der Waals surface area (Å²) in [5.74, 6) is 1.09. The van der Waals surface area contributed by atoms with Crippen LogP contribution in [0.3, 0.4) is 0 Å². The molecule has 0 bridgehead atoms. The van der Waals surface area contributed by atoms with E-state index in [1.165, 1.54) is 0 Å². The number of likely N-dealkylation sites (tertiary alicyclic amines) is 1. The van der Waals surface area contributed by atoms with Gasteiger partial charge in [0.2, 0.25) is 10.0 Å². The van der Waals surface area contributed by atoms with Crippen LogP contribution in [0.15, 0.2) is 23.1 Å². The van der Waals surface area contributed by atoms with Crippen molar-refractivity contribution in [2.24, 2.45) is 5.92 Å². The number of piperidine rings is 1. The van der Waals surface area contributed by atoms with Crippen LogP contribution in [0, 0.1) is 12.8 Å². The van der Waals surface area contributed by atoms with Crippen LogP contribution >= 0.6 is 0 Å². The van der Waals surface area contributed by atoms with E-state index in [-0.39, 0.29) is 0 Å². The largest absolute Gasteiger partial charge is 0.497 e. The molecule has 0 spiro atoms. The molecule has 21 heavy (non-hydrogen) atoms. The Hall–Kier alpha value is -1.11. The van der Waals surface area contributed by atoms with Crippen molar-refractivity contribution in [3.8, 4) is 5.75 Å². The molecule has 1 aromatic carbocycles. The highest BCUT2D eigenvalue weighted by atomic mass is 32.2. The van der Waals surface area contributed by atoms with Crippen LogP contribution in [-0.4, -0.2) is 47.1 Å². The van der Waals surface area contributed by atoms with E-state index in [2.05, 4.69) is 16.7 Å². The lowest BCUT2D eigenvalue weighted by Gasteiger charge is -2.28. The van der Waals surface area contributed by atoms with Crippen molar-refractivity contribution < 1.29 is 13.2 Å². The zero-order valence-corrected chi connectivity index (χ0v) is 13.7. The Morgan fingerprint density at radius 1 is 1.33 bits per heavy atom. The number of ether oxygens (including phenoxy) is 1. The third-order valence-corrected chi connectivity index (χ3v) is 5.66. The van der Waals surface area contributed by atoms with Gasteiger partial charge in [-0.15, -0.1) is 0 Å². The molecule has 2 rings (SSSR count). The molecule has 1 fully saturated rings. The van der Waals surface area contributed by atoms with Crippen molar-refractivity contribution >= 4 is 10.0 Å². The van der Waals surface area contributed by atoms with E-state index in [1.807, 2.05) is 0 Å². The van der Waals surface area contributed by atoms with Crippen LogP contribution in [-0.2, 0) is 10.0 Å². The van der Waals surface area contributed by atoms with Gasteiger partial charge in [0.15, 0.2) is 0 Å². The minimum absolute atomic E-state index is 0.330. The zero-order chi connectivity index (χ0) is 15.5. The number of aryl methyl sites for hydroxylation is 1. The number of nitrogens with zero attached hydrogens (tertiary/aromatic N) is 1. The fourth-order valence-electron chi connectivity index (χ4n) is 2.62. The topological polar surface area (TPSA) is 58.6 Å². The average Bonchev–Trinajstić information content (AvgIpc) is 2.46. The van der Waals surface area contributed by atoms with E-state index < -0.39 is 10.0 Å². The normalized spacial score (nSPS) is 17.9. The number of rotatable bonds is 5. The summed E-state index contributed by atoms with van der Waals surface area (Å²) in [7, 11) is 0.221. The molecule has 0 amide bonds. The van der Waals surface area contributed by atoms with Crippen molar-refractivity contribution in [3.05, 3.63) is 23.8 Å². The molecule has 118 valence electrons. The van der Waals surface area contributed by atoms with Gasteiger partial charge in [-0.3, -0.25) is 0 Å². The fraction of sp³-hybridized carbons (Fsp3) is 0.600. The molecule has 0 aliphatic carbocycles. The maximum absolute atomic E-state index is 12.4. The van der Waals surface area contributed by atoms with E-state index in [9.17, 15) is 8.42 Å². The molecule has 1 aliphatic heterocycles. The summed E-state index contributed by atoms with van der Waals surface area (Å²) in [6.07, 6.45) is 2.08. The molecule has 5 nitrogen and oxygen atoms in total. The first-order valence-electron chi connectivity index (χ1n) is 7.25. The predicted molar refractivity (Wildman–Crippen MR) is 83.1 cm³/mol. The Morgan fingerprint density at radius 3 is 2.57 bits per heavy atom. The lowest BCUT2D eigenvalue weighted by molar-refractivity contribution is 0.220. The lowest BCUT2D eigenvalue weighted by Crippen LogP contribution is -2.37. The van der Waals surface area contributed by atoms with Gasteiger partial charge in [0.05, 0.1) is 12.0 Å². The summed E-state index contributed by atoms with van der Waals surface area (Å²) in [6.45, 7) is 4.37. The molecule has 0 atom stereocenters. The highest BCUT2D eigenvalue weighted by molar-refractivity contribution is 7.89. The van der Waals surface area contributed by atoms with Crippen molar-refractivity contribution in [2.45, 2.75) is 24.7 Å². The quantitative estimate of drug-likeness (QED) is 0.898. The van der Waals surface area contributed by atoms with Gasteiger partial charge in [-0.2, -0.15) is 0 Å². The molecular formula is C15H24N2O3S. The van der Waals surface area contributed by atoms with Crippen LogP contribution < -0.4 is 9.46 Å². The summed E-state index contributed by atoms with van der Waals surface area (Å²) in [5.41, 5.74) is 0.699. The van der Waals surface area contributed by atoms with Gasteiger partial charge < -0.3 is 9.64 Å². The van der Waals surface area contributed by atoms with Gasteiger partial charge in [-0.05, 0) is 69.6 Å². The Morgan fingerprint density at radius 2 is 2.00 bits per heavy atom. The second-order valence-corrected chi connectivity index (χ2v) is 7.47. The Labute approximate surface area is 127 Å². The molecule has 1 saturated heterocycles. The molecule has 0 radical (unpaired) electrons. The van der Waals surface area contributed by atoms with Crippen LogP contribution in [0.1, 0.15) is 18.4 Å². The van der Waals surface area contributed by atoms with Crippen LogP contribution in [0.4, 0.5) is 0 Å². The van der Waals surface area contributed by atoms with Gasteiger partial charge in [-0.25, -0.2) is 13.1 Å². The highest BCUT2D eigenvalue weighted by Gasteiger charge is 2.21. The molecule has 0 saturated carbocycles. The molecule has 1 N–H and O–H groups in total. The van der Waals surface area contributed by atoms with E-state index in [4.69, 9.17) is 4.74 Å². The van der Waals surface area contributed by atoms with Crippen molar-refractivity contribution in [1.29, 1.82) is 0 Å². The first-order valence-corrected chi connectivity index (χ1v) is 8.73. The SMILES string of the molecule is COc1ccc(S(=O)(=O)NCC2CCN(C)CC2)c(C)c1. The molecule has 0 aromatic heterocycles. The zero-order valence-electron chi connectivity index (χ0n) is 12.9. The van der Waals surface area contributed by atoms with E-state index >= 15 is 0 Å². The van der Waals surface area contributed by atoms with Gasteiger partial charge in [0.25, 0.3) is 0 Å². The molecule has 1 aromatic rings. The Kier molecular flexibility index (Phi) is 5.24. The molecule has 1 heterocycles. The molecule has 0 unspecified atom stereocenters.